The van der Waals surface area contributed by atoms with E-state index in [1.165, 1.54) is 36.1 Å². The molecule has 0 spiro atoms. The van der Waals surface area contributed by atoms with Gasteiger partial charge in [0.25, 0.3) is 0 Å². The van der Waals surface area contributed by atoms with Crippen molar-refractivity contribution in [1.82, 2.24) is 24.3 Å². The van der Waals surface area contributed by atoms with E-state index in [1.807, 2.05) is 0 Å². The van der Waals surface area contributed by atoms with E-state index >= 15 is 0 Å². The summed E-state index contributed by atoms with van der Waals surface area (Å²) in [5.74, 6) is 0.487. The number of amides is 3. The van der Waals surface area contributed by atoms with Crippen LogP contribution in [0.3, 0.4) is 0 Å². The number of fused-ring (bicyclic) bond motifs is 1. The van der Waals surface area contributed by atoms with Crippen molar-refractivity contribution in [3.05, 3.63) is 78.4 Å². The third-order valence-electron chi connectivity index (χ3n) is 7.24. The molecule has 1 fully saturated rings. The highest BCUT2D eigenvalue weighted by atomic mass is 19.4. The maximum absolute atomic E-state index is 13.1. The Morgan fingerprint density at radius 2 is 1.83 bits per heavy atom. The van der Waals surface area contributed by atoms with Crippen molar-refractivity contribution in [3.63, 3.8) is 0 Å². The van der Waals surface area contributed by atoms with E-state index in [4.69, 9.17) is 9.47 Å². The lowest BCUT2D eigenvalue weighted by atomic mass is 10.2. The topological polar surface area (TPSA) is 119 Å². The standard InChI is InChI=1S/C32H33F3N6O5/c1-20(42)41(25-11-12-39(18-25)30(44)46-31(2,3)4)17-24-16-28(37-19-36-24)45-26-8-9-27-21(14-26)10-13-40(27)29(43)38-23-7-5-6-22(15-23)32(33,34)35/h5-10,13-16,19,25H,11-12,17-18H2,1-4H3,(H,38,43). The van der Waals surface area contributed by atoms with Crippen molar-refractivity contribution < 1.29 is 37.0 Å². The van der Waals surface area contributed by atoms with Gasteiger partial charge in [0.2, 0.25) is 11.8 Å². The first kappa shape index (κ1) is 32.3. The summed E-state index contributed by atoms with van der Waals surface area (Å²) < 4.78 is 51.9. The maximum Gasteiger partial charge on any atom is 0.416 e. The third-order valence-corrected chi connectivity index (χ3v) is 7.24. The minimum absolute atomic E-state index is 0.0119. The predicted octanol–water partition coefficient (Wildman–Crippen LogP) is 6.68. The highest BCUT2D eigenvalue weighted by Crippen LogP contribution is 2.31. The molecule has 4 aromatic rings. The summed E-state index contributed by atoms with van der Waals surface area (Å²) in [6.45, 7) is 7.88. The van der Waals surface area contributed by atoms with Crippen LogP contribution in [0.25, 0.3) is 10.9 Å². The number of hydrogen-bond acceptors (Lipinski definition) is 7. The number of carbonyl (C=O) groups excluding carboxylic acids is 3. The molecule has 11 nitrogen and oxygen atoms in total. The molecule has 0 saturated carbocycles. The molecule has 0 radical (unpaired) electrons. The van der Waals surface area contributed by atoms with Crippen molar-refractivity contribution in [2.24, 2.45) is 0 Å². The van der Waals surface area contributed by atoms with Gasteiger partial charge in [0, 0.05) is 43.4 Å². The zero-order valence-electron chi connectivity index (χ0n) is 25.7. The average Bonchev–Trinajstić information content (AvgIpc) is 3.63. The first-order valence-corrected chi connectivity index (χ1v) is 14.5. The lowest BCUT2D eigenvalue weighted by molar-refractivity contribution is -0.137. The summed E-state index contributed by atoms with van der Waals surface area (Å²) >= 11 is 0. The molecule has 1 atom stereocenters. The Morgan fingerprint density at radius 3 is 2.54 bits per heavy atom. The normalized spacial score (nSPS) is 15.1. The van der Waals surface area contributed by atoms with E-state index in [9.17, 15) is 27.6 Å². The lowest BCUT2D eigenvalue weighted by Gasteiger charge is -2.28. The Hall–Kier alpha value is -5.14. The Kier molecular flexibility index (Phi) is 8.90. The first-order chi connectivity index (χ1) is 21.7. The first-order valence-electron chi connectivity index (χ1n) is 14.5. The number of rotatable bonds is 6. The highest BCUT2D eigenvalue weighted by Gasteiger charge is 2.34. The average molecular weight is 639 g/mol. The molecule has 242 valence electrons. The molecular formula is C32H33F3N6O5. The molecule has 0 aliphatic carbocycles. The van der Waals surface area contributed by atoms with Gasteiger partial charge in [0.05, 0.1) is 29.4 Å². The summed E-state index contributed by atoms with van der Waals surface area (Å²) in [6.07, 6.45) is -1.51. The molecule has 5 rings (SSSR count). The van der Waals surface area contributed by atoms with Crippen molar-refractivity contribution >= 4 is 34.6 Å². The fourth-order valence-electron chi connectivity index (χ4n) is 5.12. The number of likely N-dealkylation sites (tertiary alicyclic amines) is 1. The molecule has 2 aromatic carbocycles. The predicted molar refractivity (Wildman–Crippen MR) is 162 cm³/mol. The van der Waals surface area contributed by atoms with Crippen LogP contribution in [0.5, 0.6) is 11.6 Å². The molecule has 1 unspecified atom stereocenters. The number of alkyl halides is 3. The minimum atomic E-state index is -4.53. The lowest BCUT2D eigenvalue weighted by Crippen LogP contribution is -2.42. The van der Waals surface area contributed by atoms with Gasteiger partial charge in [-0.3, -0.25) is 9.36 Å². The van der Waals surface area contributed by atoms with Crippen LogP contribution in [-0.2, 0) is 22.3 Å². The van der Waals surface area contributed by atoms with Crippen molar-refractivity contribution in [3.8, 4) is 11.6 Å². The smallest absolute Gasteiger partial charge is 0.416 e. The molecule has 2 aromatic heterocycles. The summed E-state index contributed by atoms with van der Waals surface area (Å²) in [4.78, 5) is 49.7. The summed E-state index contributed by atoms with van der Waals surface area (Å²) in [6, 6.07) is 11.8. The monoisotopic (exact) mass is 638 g/mol. The second-order valence-electron chi connectivity index (χ2n) is 11.9. The molecule has 3 heterocycles. The van der Waals surface area contributed by atoms with Crippen LogP contribution in [0.15, 0.2) is 67.1 Å². The van der Waals surface area contributed by atoms with E-state index in [0.717, 1.165) is 12.1 Å². The van der Waals surface area contributed by atoms with Gasteiger partial charge in [-0.05, 0) is 69.7 Å². The van der Waals surface area contributed by atoms with E-state index in [1.54, 1.807) is 60.9 Å². The number of anilines is 1. The summed E-state index contributed by atoms with van der Waals surface area (Å²) in [5, 5.41) is 3.14. The van der Waals surface area contributed by atoms with Gasteiger partial charge in [0.15, 0.2) is 0 Å². The Balaban J connectivity index is 1.25. The molecule has 46 heavy (non-hydrogen) atoms. The summed E-state index contributed by atoms with van der Waals surface area (Å²) in [7, 11) is 0. The van der Waals surface area contributed by atoms with Crippen LogP contribution in [0.1, 0.15) is 45.4 Å². The molecule has 3 amide bonds. The SMILES string of the molecule is CC(=O)N(Cc1cc(Oc2ccc3c(ccn3C(=O)Nc3cccc(C(F)(F)F)c3)c2)ncn1)C1CCN(C(=O)OC(C)(C)C)C1. The fraction of sp³-hybridized carbons (Fsp3) is 0.344. The molecule has 14 heteroatoms. The van der Waals surface area contributed by atoms with E-state index in [2.05, 4.69) is 15.3 Å². The van der Waals surface area contributed by atoms with Gasteiger partial charge in [-0.2, -0.15) is 13.2 Å². The zero-order valence-corrected chi connectivity index (χ0v) is 25.7. The highest BCUT2D eigenvalue weighted by molar-refractivity contribution is 5.98. The fourth-order valence-corrected chi connectivity index (χ4v) is 5.12. The molecule has 1 N–H and O–H groups in total. The molecule has 1 saturated heterocycles. The van der Waals surface area contributed by atoms with Crippen molar-refractivity contribution in [1.29, 1.82) is 0 Å². The molecule has 0 bridgehead atoms. The quantitative estimate of drug-likeness (QED) is 0.250. The van der Waals surface area contributed by atoms with Crippen LogP contribution in [0.2, 0.25) is 0 Å². The van der Waals surface area contributed by atoms with Crippen molar-refractivity contribution in [2.75, 3.05) is 18.4 Å². The van der Waals surface area contributed by atoms with Crippen LogP contribution in [-0.4, -0.2) is 67.1 Å². The Morgan fingerprint density at radius 1 is 1.04 bits per heavy atom. The Labute approximate surface area is 262 Å². The number of benzene rings is 2. The van der Waals surface area contributed by atoms with Crippen LogP contribution in [0.4, 0.5) is 28.4 Å². The van der Waals surface area contributed by atoms with E-state index in [0.29, 0.717) is 41.9 Å². The largest absolute Gasteiger partial charge is 0.444 e. The van der Waals surface area contributed by atoms with Crippen LogP contribution < -0.4 is 10.1 Å². The van der Waals surface area contributed by atoms with Crippen LogP contribution >= 0.6 is 0 Å². The second-order valence-corrected chi connectivity index (χ2v) is 11.9. The number of ether oxygens (including phenoxy) is 2. The van der Waals surface area contributed by atoms with Gasteiger partial charge in [0.1, 0.15) is 17.7 Å². The van der Waals surface area contributed by atoms with Gasteiger partial charge in [-0.1, -0.05) is 6.07 Å². The van der Waals surface area contributed by atoms with E-state index < -0.39 is 29.5 Å². The van der Waals surface area contributed by atoms with Gasteiger partial charge in [-0.25, -0.2) is 19.6 Å². The summed E-state index contributed by atoms with van der Waals surface area (Å²) in [5.41, 5.74) is -0.429. The van der Waals surface area contributed by atoms with Gasteiger partial charge >= 0.3 is 18.3 Å². The second kappa shape index (κ2) is 12.7. The molecule has 1 aliphatic rings. The number of hydrogen-bond donors (Lipinski definition) is 1. The molecule has 1 aliphatic heterocycles. The number of halogens is 3. The minimum Gasteiger partial charge on any atom is -0.444 e. The maximum atomic E-state index is 13.1. The van der Waals surface area contributed by atoms with E-state index in [-0.39, 0.29) is 30.1 Å². The molecular weight excluding hydrogens is 605 g/mol. The number of nitrogens with zero attached hydrogens (tertiary/aromatic N) is 5. The van der Waals surface area contributed by atoms with Gasteiger partial charge < -0.3 is 24.6 Å². The van der Waals surface area contributed by atoms with Crippen molar-refractivity contribution in [2.45, 2.75) is 58.5 Å². The number of carbonyl (C=O) groups is 3. The number of aromatic nitrogens is 3. The van der Waals surface area contributed by atoms with Gasteiger partial charge in [-0.15, -0.1) is 0 Å². The van der Waals surface area contributed by atoms with Crippen LogP contribution in [0, 0.1) is 0 Å². The third kappa shape index (κ3) is 7.73. The zero-order chi connectivity index (χ0) is 33.2. The number of nitrogens with one attached hydrogen (secondary N) is 1. The Bertz CT molecular complexity index is 1770.